The second kappa shape index (κ2) is 4.83. The Hall–Kier alpha value is -1.09. The third-order valence-corrected chi connectivity index (χ3v) is 3.14. The number of imidazole rings is 1. The summed E-state index contributed by atoms with van der Waals surface area (Å²) in [4.78, 5) is 4.32. The lowest BCUT2D eigenvalue weighted by Crippen LogP contribution is -2.01. The standard InChI is InChI=1S/C12H12IN3/c1-9(13)4-5-16-8-15-11-3-2-10(7-14)6-12(11)16/h2-3,6,8-9H,4-5H2,1H3. The number of hydrogen-bond acceptors (Lipinski definition) is 2. The van der Waals surface area contributed by atoms with Gasteiger partial charge in [-0.1, -0.05) is 29.5 Å². The molecule has 0 saturated carbocycles. The van der Waals surface area contributed by atoms with Gasteiger partial charge in [0.15, 0.2) is 0 Å². The van der Waals surface area contributed by atoms with Crippen LogP contribution in [0.4, 0.5) is 0 Å². The first kappa shape index (κ1) is 11.4. The molecular formula is C12H12IN3. The monoisotopic (exact) mass is 325 g/mol. The minimum Gasteiger partial charge on any atom is -0.331 e. The van der Waals surface area contributed by atoms with Crippen LogP contribution in [0, 0.1) is 11.3 Å². The van der Waals surface area contributed by atoms with E-state index < -0.39 is 0 Å². The molecule has 0 saturated heterocycles. The highest BCUT2D eigenvalue weighted by Gasteiger charge is 2.04. The number of alkyl halides is 1. The summed E-state index contributed by atoms with van der Waals surface area (Å²) in [6.45, 7) is 3.15. The summed E-state index contributed by atoms with van der Waals surface area (Å²) in [5, 5.41) is 8.86. The first-order valence-electron chi connectivity index (χ1n) is 5.20. The van der Waals surface area contributed by atoms with Gasteiger partial charge in [0, 0.05) is 10.5 Å². The second-order valence-corrected chi connectivity index (χ2v) is 5.95. The molecule has 1 unspecified atom stereocenters. The van der Waals surface area contributed by atoms with Crippen LogP contribution in [-0.2, 0) is 6.54 Å². The summed E-state index contributed by atoms with van der Waals surface area (Å²) in [7, 11) is 0. The molecule has 82 valence electrons. The highest BCUT2D eigenvalue weighted by molar-refractivity contribution is 14.1. The molecule has 0 aliphatic carbocycles. The smallest absolute Gasteiger partial charge is 0.0992 e. The molecule has 2 aromatic rings. The molecule has 1 aromatic heterocycles. The first-order valence-corrected chi connectivity index (χ1v) is 6.44. The van der Waals surface area contributed by atoms with Gasteiger partial charge in [0.1, 0.15) is 0 Å². The van der Waals surface area contributed by atoms with Crippen LogP contribution in [0.25, 0.3) is 11.0 Å². The lowest BCUT2D eigenvalue weighted by atomic mass is 10.2. The van der Waals surface area contributed by atoms with Crippen LogP contribution >= 0.6 is 22.6 Å². The van der Waals surface area contributed by atoms with E-state index in [1.165, 1.54) is 0 Å². The topological polar surface area (TPSA) is 41.6 Å². The van der Waals surface area contributed by atoms with Crippen molar-refractivity contribution in [2.75, 3.05) is 0 Å². The maximum absolute atomic E-state index is 8.86. The van der Waals surface area contributed by atoms with Gasteiger partial charge in [-0.05, 0) is 24.6 Å². The van der Waals surface area contributed by atoms with Crippen molar-refractivity contribution in [1.29, 1.82) is 5.26 Å². The molecule has 0 bridgehead atoms. The normalized spacial score (nSPS) is 12.6. The summed E-state index contributed by atoms with van der Waals surface area (Å²) < 4.78 is 2.76. The second-order valence-electron chi connectivity index (χ2n) is 3.82. The van der Waals surface area contributed by atoms with Crippen LogP contribution in [-0.4, -0.2) is 13.5 Å². The van der Waals surface area contributed by atoms with Crippen molar-refractivity contribution >= 4 is 33.6 Å². The minimum atomic E-state index is 0.647. The predicted molar refractivity (Wildman–Crippen MR) is 72.5 cm³/mol. The number of halogens is 1. The predicted octanol–water partition coefficient (Wildman–Crippen LogP) is 3.12. The number of nitrogens with zero attached hydrogens (tertiary/aromatic N) is 3. The zero-order valence-electron chi connectivity index (χ0n) is 9.02. The summed E-state index contributed by atoms with van der Waals surface area (Å²) in [5.74, 6) is 0. The fourth-order valence-corrected chi connectivity index (χ4v) is 1.90. The molecule has 1 atom stereocenters. The Morgan fingerprint density at radius 1 is 1.56 bits per heavy atom. The van der Waals surface area contributed by atoms with Gasteiger partial charge in [-0.3, -0.25) is 0 Å². The van der Waals surface area contributed by atoms with Gasteiger partial charge < -0.3 is 4.57 Å². The van der Waals surface area contributed by atoms with Gasteiger partial charge >= 0.3 is 0 Å². The molecule has 0 fully saturated rings. The summed E-state index contributed by atoms with van der Waals surface area (Å²) in [5.41, 5.74) is 2.70. The van der Waals surface area contributed by atoms with Crippen molar-refractivity contribution in [1.82, 2.24) is 9.55 Å². The maximum Gasteiger partial charge on any atom is 0.0992 e. The van der Waals surface area contributed by atoms with E-state index in [9.17, 15) is 0 Å². The zero-order chi connectivity index (χ0) is 11.5. The van der Waals surface area contributed by atoms with E-state index >= 15 is 0 Å². The van der Waals surface area contributed by atoms with E-state index in [-0.39, 0.29) is 0 Å². The average Bonchev–Trinajstić information content (AvgIpc) is 2.68. The van der Waals surface area contributed by atoms with Gasteiger partial charge in [0.05, 0.1) is 29.0 Å². The fourth-order valence-electron chi connectivity index (χ4n) is 1.62. The molecule has 2 rings (SSSR count). The third kappa shape index (κ3) is 2.35. The van der Waals surface area contributed by atoms with Crippen molar-refractivity contribution in [3.8, 4) is 6.07 Å². The minimum absolute atomic E-state index is 0.647. The van der Waals surface area contributed by atoms with Gasteiger partial charge in [0.25, 0.3) is 0 Å². The Kier molecular flexibility index (Phi) is 3.44. The van der Waals surface area contributed by atoms with E-state index in [4.69, 9.17) is 5.26 Å². The third-order valence-electron chi connectivity index (χ3n) is 2.52. The fraction of sp³-hybridized carbons (Fsp3) is 0.333. The summed E-state index contributed by atoms with van der Waals surface area (Å²) in [6, 6.07) is 7.77. The molecule has 0 spiro atoms. The average molecular weight is 325 g/mol. The molecule has 1 heterocycles. The van der Waals surface area contributed by atoms with Crippen LogP contribution < -0.4 is 0 Å². The van der Waals surface area contributed by atoms with E-state index in [1.807, 2.05) is 18.5 Å². The van der Waals surface area contributed by atoms with Crippen LogP contribution in [0.15, 0.2) is 24.5 Å². The Morgan fingerprint density at radius 2 is 2.38 bits per heavy atom. The number of benzene rings is 1. The number of aryl methyl sites for hydroxylation is 1. The van der Waals surface area contributed by atoms with Crippen LogP contribution in [0.3, 0.4) is 0 Å². The number of fused-ring (bicyclic) bond motifs is 1. The molecule has 0 radical (unpaired) electrons. The van der Waals surface area contributed by atoms with E-state index in [2.05, 4.69) is 45.1 Å². The molecular weight excluding hydrogens is 313 g/mol. The molecule has 16 heavy (non-hydrogen) atoms. The maximum atomic E-state index is 8.86. The van der Waals surface area contributed by atoms with Crippen molar-refractivity contribution in [2.45, 2.75) is 23.8 Å². The number of rotatable bonds is 3. The highest BCUT2D eigenvalue weighted by atomic mass is 127. The van der Waals surface area contributed by atoms with Crippen molar-refractivity contribution in [3.05, 3.63) is 30.1 Å². The van der Waals surface area contributed by atoms with Crippen molar-refractivity contribution in [2.24, 2.45) is 0 Å². The quantitative estimate of drug-likeness (QED) is 0.643. The van der Waals surface area contributed by atoms with Crippen molar-refractivity contribution in [3.63, 3.8) is 0 Å². The van der Waals surface area contributed by atoms with Gasteiger partial charge in [-0.15, -0.1) is 0 Å². The van der Waals surface area contributed by atoms with Gasteiger partial charge in [-0.25, -0.2) is 4.98 Å². The molecule has 4 heteroatoms. The van der Waals surface area contributed by atoms with Crippen LogP contribution in [0.1, 0.15) is 18.9 Å². The summed E-state index contributed by atoms with van der Waals surface area (Å²) >= 11 is 2.42. The largest absolute Gasteiger partial charge is 0.331 e. The summed E-state index contributed by atoms with van der Waals surface area (Å²) in [6.07, 6.45) is 2.97. The zero-order valence-corrected chi connectivity index (χ0v) is 11.2. The molecule has 3 nitrogen and oxygen atoms in total. The number of nitriles is 1. The SMILES string of the molecule is CC(I)CCn1cnc2ccc(C#N)cc21. The number of aromatic nitrogens is 2. The van der Waals surface area contributed by atoms with Crippen LogP contribution in [0.2, 0.25) is 0 Å². The van der Waals surface area contributed by atoms with E-state index in [1.54, 1.807) is 6.07 Å². The Morgan fingerprint density at radius 3 is 3.06 bits per heavy atom. The Labute approximate surface area is 108 Å². The van der Waals surface area contributed by atoms with Crippen molar-refractivity contribution < 1.29 is 0 Å². The molecule has 1 aromatic carbocycles. The van der Waals surface area contributed by atoms with Crippen LogP contribution in [0.5, 0.6) is 0 Å². The molecule has 0 N–H and O–H groups in total. The molecule has 0 amide bonds. The highest BCUT2D eigenvalue weighted by Crippen LogP contribution is 2.16. The Balaban J connectivity index is 2.35. The molecule has 0 aliphatic heterocycles. The van der Waals surface area contributed by atoms with E-state index in [0.717, 1.165) is 24.0 Å². The van der Waals surface area contributed by atoms with Gasteiger partial charge in [-0.2, -0.15) is 5.26 Å². The van der Waals surface area contributed by atoms with E-state index in [0.29, 0.717) is 9.49 Å². The number of hydrogen-bond donors (Lipinski definition) is 0. The lowest BCUT2D eigenvalue weighted by molar-refractivity contribution is 0.664. The Bertz CT molecular complexity index is 537. The van der Waals surface area contributed by atoms with Gasteiger partial charge in [0.2, 0.25) is 0 Å². The molecule has 0 aliphatic rings. The lowest BCUT2D eigenvalue weighted by Gasteiger charge is -2.05. The first-order chi connectivity index (χ1) is 7.70.